The summed E-state index contributed by atoms with van der Waals surface area (Å²) in [6.07, 6.45) is 1.05. The minimum atomic E-state index is -0.0595. The van der Waals surface area contributed by atoms with E-state index in [4.69, 9.17) is 9.47 Å². The van der Waals surface area contributed by atoms with E-state index in [-0.39, 0.29) is 24.4 Å². The standard InChI is InChI=1S/C20H24N2O3.ClH/c1-24-19-8-7-17(12-16(19)11-15-5-3-2-4-6-15)22-20(23)13-18-14-21-9-10-25-18;/h2-8,12,18,21H,9-11,13-14H2,1H3,(H,22,23);1H. The summed E-state index contributed by atoms with van der Waals surface area (Å²) in [6, 6.07) is 15.9. The number of methoxy groups -OCH3 is 1. The van der Waals surface area contributed by atoms with Crippen molar-refractivity contribution in [1.82, 2.24) is 5.32 Å². The van der Waals surface area contributed by atoms with Gasteiger partial charge in [-0.3, -0.25) is 4.79 Å². The lowest BCUT2D eigenvalue weighted by Gasteiger charge is -2.23. The third kappa shape index (κ3) is 5.73. The van der Waals surface area contributed by atoms with Crippen LogP contribution in [-0.4, -0.2) is 38.8 Å². The summed E-state index contributed by atoms with van der Waals surface area (Å²) >= 11 is 0. The molecule has 1 aliphatic rings. The van der Waals surface area contributed by atoms with Gasteiger partial charge < -0.3 is 20.1 Å². The number of halogens is 1. The SMILES string of the molecule is COc1ccc(NC(=O)CC2CNCCO2)cc1Cc1ccccc1.Cl. The van der Waals surface area contributed by atoms with Crippen molar-refractivity contribution in [2.45, 2.75) is 18.9 Å². The lowest BCUT2D eigenvalue weighted by Crippen LogP contribution is -2.40. The molecule has 0 spiro atoms. The summed E-state index contributed by atoms with van der Waals surface area (Å²) in [5.74, 6) is 0.784. The van der Waals surface area contributed by atoms with E-state index in [1.807, 2.05) is 36.4 Å². The zero-order valence-electron chi connectivity index (χ0n) is 14.9. The number of amides is 1. The van der Waals surface area contributed by atoms with E-state index in [0.29, 0.717) is 13.0 Å². The Morgan fingerprint density at radius 3 is 2.77 bits per heavy atom. The second-order valence-corrected chi connectivity index (χ2v) is 6.14. The number of carbonyl (C=O) groups excluding carboxylic acids is 1. The Hall–Kier alpha value is -2.08. The van der Waals surface area contributed by atoms with Crippen LogP contribution in [0.1, 0.15) is 17.5 Å². The minimum absolute atomic E-state index is 0. The van der Waals surface area contributed by atoms with Gasteiger partial charge in [-0.25, -0.2) is 0 Å². The maximum absolute atomic E-state index is 12.3. The van der Waals surface area contributed by atoms with Crippen molar-refractivity contribution in [3.8, 4) is 5.75 Å². The Balaban J connectivity index is 0.00000243. The first kappa shape index (κ1) is 20.2. The molecule has 0 bridgehead atoms. The highest BCUT2D eigenvalue weighted by atomic mass is 35.5. The molecule has 1 unspecified atom stereocenters. The van der Waals surface area contributed by atoms with Gasteiger partial charge in [0.15, 0.2) is 0 Å². The number of carbonyl (C=O) groups is 1. The highest BCUT2D eigenvalue weighted by Gasteiger charge is 2.17. The van der Waals surface area contributed by atoms with Gasteiger partial charge in [-0.15, -0.1) is 12.4 Å². The van der Waals surface area contributed by atoms with E-state index in [2.05, 4.69) is 22.8 Å². The molecule has 1 atom stereocenters. The molecule has 2 aromatic rings. The Kier molecular flexibility index (Phi) is 7.91. The Morgan fingerprint density at radius 1 is 1.27 bits per heavy atom. The summed E-state index contributed by atoms with van der Waals surface area (Å²) in [4.78, 5) is 12.3. The number of morpholine rings is 1. The fourth-order valence-electron chi connectivity index (χ4n) is 2.98. The van der Waals surface area contributed by atoms with E-state index in [1.165, 1.54) is 5.56 Å². The molecule has 6 heteroatoms. The van der Waals surface area contributed by atoms with Crippen LogP contribution in [0.4, 0.5) is 5.69 Å². The maximum Gasteiger partial charge on any atom is 0.227 e. The van der Waals surface area contributed by atoms with E-state index < -0.39 is 0 Å². The van der Waals surface area contributed by atoms with Gasteiger partial charge in [0, 0.05) is 30.8 Å². The Morgan fingerprint density at radius 2 is 2.08 bits per heavy atom. The third-order valence-electron chi connectivity index (χ3n) is 4.22. The van der Waals surface area contributed by atoms with Gasteiger partial charge in [-0.2, -0.15) is 0 Å². The zero-order chi connectivity index (χ0) is 17.5. The van der Waals surface area contributed by atoms with Crippen LogP contribution in [0.25, 0.3) is 0 Å². The molecular formula is C20H25ClN2O3. The summed E-state index contributed by atoms with van der Waals surface area (Å²) < 4.78 is 11.0. The monoisotopic (exact) mass is 376 g/mol. The highest BCUT2D eigenvalue weighted by Crippen LogP contribution is 2.25. The number of anilines is 1. The fraction of sp³-hybridized carbons (Fsp3) is 0.350. The zero-order valence-corrected chi connectivity index (χ0v) is 15.7. The molecule has 1 fully saturated rings. The van der Waals surface area contributed by atoms with Crippen molar-refractivity contribution >= 4 is 24.0 Å². The topological polar surface area (TPSA) is 59.6 Å². The minimum Gasteiger partial charge on any atom is -0.496 e. The van der Waals surface area contributed by atoms with Gasteiger partial charge in [0.2, 0.25) is 5.91 Å². The number of ether oxygens (including phenoxy) is 2. The van der Waals surface area contributed by atoms with Crippen LogP contribution in [0, 0.1) is 0 Å². The van der Waals surface area contributed by atoms with Crippen LogP contribution in [0.3, 0.4) is 0 Å². The summed E-state index contributed by atoms with van der Waals surface area (Å²) in [7, 11) is 1.66. The molecule has 3 rings (SSSR count). The van der Waals surface area contributed by atoms with Crippen LogP contribution < -0.4 is 15.4 Å². The van der Waals surface area contributed by atoms with Crippen LogP contribution in [0.15, 0.2) is 48.5 Å². The molecule has 0 aliphatic carbocycles. The Labute approximate surface area is 160 Å². The van der Waals surface area contributed by atoms with Crippen molar-refractivity contribution in [3.63, 3.8) is 0 Å². The molecule has 26 heavy (non-hydrogen) atoms. The smallest absolute Gasteiger partial charge is 0.227 e. The van der Waals surface area contributed by atoms with E-state index in [0.717, 1.165) is 36.5 Å². The van der Waals surface area contributed by atoms with E-state index in [9.17, 15) is 4.79 Å². The van der Waals surface area contributed by atoms with Crippen molar-refractivity contribution in [1.29, 1.82) is 0 Å². The third-order valence-corrected chi connectivity index (χ3v) is 4.22. The largest absolute Gasteiger partial charge is 0.496 e. The molecule has 5 nitrogen and oxygen atoms in total. The van der Waals surface area contributed by atoms with Crippen LogP contribution in [0.5, 0.6) is 5.75 Å². The van der Waals surface area contributed by atoms with Crippen molar-refractivity contribution in [2.75, 3.05) is 32.1 Å². The quantitative estimate of drug-likeness (QED) is 0.813. The lowest BCUT2D eigenvalue weighted by molar-refractivity contribution is -0.119. The van der Waals surface area contributed by atoms with Gasteiger partial charge in [-0.05, 0) is 23.8 Å². The molecule has 0 saturated carbocycles. The van der Waals surface area contributed by atoms with Gasteiger partial charge >= 0.3 is 0 Å². The molecule has 0 radical (unpaired) electrons. The molecule has 1 aliphatic heterocycles. The number of hydrogen-bond donors (Lipinski definition) is 2. The van der Waals surface area contributed by atoms with Crippen molar-refractivity contribution < 1.29 is 14.3 Å². The molecule has 1 heterocycles. The average molecular weight is 377 g/mol. The predicted octanol–water partition coefficient (Wildman–Crippen LogP) is 3.02. The first-order valence-electron chi connectivity index (χ1n) is 8.57. The second-order valence-electron chi connectivity index (χ2n) is 6.14. The highest BCUT2D eigenvalue weighted by molar-refractivity contribution is 5.91. The fourth-order valence-corrected chi connectivity index (χ4v) is 2.98. The summed E-state index contributed by atoms with van der Waals surface area (Å²) in [6.45, 7) is 2.22. The van der Waals surface area contributed by atoms with Crippen molar-refractivity contribution in [3.05, 3.63) is 59.7 Å². The molecule has 140 valence electrons. The van der Waals surface area contributed by atoms with Gasteiger partial charge in [-0.1, -0.05) is 30.3 Å². The van der Waals surface area contributed by atoms with E-state index >= 15 is 0 Å². The molecule has 2 aromatic carbocycles. The van der Waals surface area contributed by atoms with Crippen molar-refractivity contribution in [2.24, 2.45) is 0 Å². The lowest BCUT2D eigenvalue weighted by atomic mass is 10.0. The number of nitrogens with one attached hydrogen (secondary N) is 2. The van der Waals surface area contributed by atoms with Crippen LogP contribution >= 0.6 is 12.4 Å². The number of benzene rings is 2. The van der Waals surface area contributed by atoms with Crippen LogP contribution in [0.2, 0.25) is 0 Å². The van der Waals surface area contributed by atoms with Gasteiger partial charge in [0.25, 0.3) is 0 Å². The number of hydrogen-bond acceptors (Lipinski definition) is 4. The maximum atomic E-state index is 12.3. The first-order chi connectivity index (χ1) is 12.2. The van der Waals surface area contributed by atoms with E-state index in [1.54, 1.807) is 7.11 Å². The molecule has 2 N–H and O–H groups in total. The molecule has 1 amide bonds. The molecular weight excluding hydrogens is 352 g/mol. The van der Waals surface area contributed by atoms with Gasteiger partial charge in [0.1, 0.15) is 5.75 Å². The molecule has 1 saturated heterocycles. The average Bonchev–Trinajstić information content (AvgIpc) is 2.63. The normalized spacial score (nSPS) is 16.4. The second kappa shape index (κ2) is 10.2. The van der Waals surface area contributed by atoms with Gasteiger partial charge in [0.05, 0.1) is 26.2 Å². The Bertz CT molecular complexity index is 703. The summed E-state index contributed by atoms with van der Waals surface area (Å²) in [5, 5.41) is 6.20. The predicted molar refractivity (Wildman–Crippen MR) is 105 cm³/mol. The first-order valence-corrected chi connectivity index (χ1v) is 8.57. The number of rotatable bonds is 6. The van der Waals surface area contributed by atoms with Crippen LogP contribution in [-0.2, 0) is 16.0 Å². The summed E-state index contributed by atoms with van der Waals surface area (Å²) in [5.41, 5.74) is 3.02. The molecule has 0 aromatic heterocycles.